The zero-order valence-corrected chi connectivity index (χ0v) is 22.0. The summed E-state index contributed by atoms with van der Waals surface area (Å²) in [6.07, 6.45) is 2.40. The number of benzene rings is 3. The van der Waals surface area contributed by atoms with Crippen molar-refractivity contribution >= 4 is 11.7 Å². The molecular formula is C31H40N2O2. The molecule has 186 valence electrons. The summed E-state index contributed by atoms with van der Waals surface area (Å²) in [5.41, 5.74) is 5.96. The predicted molar refractivity (Wildman–Crippen MR) is 147 cm³/mol. The first-order chi connectivity index (χ1) is 16.4. The lowest BCUT2D eigenvalue weighted by molar-refractivity contribution is 0.252. The van der Waals surface area contributed by atoms with Crippen LogP contribution in [0.3, 0.4) is 0 Å². The minimum atomic E-state index is -0.192. The topological polar surface area (TPSA) is 61.4 Å². The zero-order chi connectivity index (χ0) is 25.6. The molecule has 0 saturated heterocycles. The Morgan fingerprint density at radius 1 is 0.743 bits per heavy atom. The normalized spacial score (nSPS) is 11.8. The van der Waals surface area contributed by atoms with Gasteiger partial charge in [0.2, 0.25) is 0 Å². The van der Waals surface area contributed by atoms with Crippen LogP contribution in [0.2, 0.25) is 0 Å². The van der Waals surface area contributed by atoms with Gasteiger partial charge in [-0.2, -0.15) is 0 Å². The lowest BCUT2D eigenvalue weighted by Gasteiger charge is -2.28. The maximum Gasteiger partial charge on any atom is 0.319 e. The first kappa shape index (κ1) is 26.3. The summed E-state index contributed by atoms with van der Waals surface area (Å²) in [5, 5.41) is 17.0. The Kier molecular flexibility index (Phi) is 8.26. The molecule has 0 aliphatic heterocycles. The number of amides is 2. The van der Waals surface area contributed by atoms with Crippen LogP contribution >= 0.6 is 0 Å². The Hall–Kier alpha value is -3.27. The number of carbonyl (C=O) groups excluding carboxylic acids is 1. The summed E-state index contributed by atoms with van der Waals surface area (Å²) >= 11 is 0. The predicted octanol–water partition coefficient (Wildman–Crippen LogP) is 7.14. The van der Waals surface area contributed by atoms with E-state index in [2.05, 4.69) is 82.5 Å². The molecule has 4 heteroatoms. The zero-order valence-electron chi connectivity index (χ0n) is 22.0. The largest absolute Gasteiger partial charge is 0.507 e. The van der Waals surface area contributed by atoms with Crippen molar-refractivity contribution in [3.8, 4) is 5.75 Å². The Labute approximate surface area is 210 Å². The van der Waals surface area contributed by atoms with Crippen molar-refractivity contribution in [3.05, 3.63) is 94.5 Å². The molecule has 0 unspecified atom stereocenters. The molecule has 0 bridgehead atoms. The number of hydrogen-bond acceptors (Lipinski definition) is 2. The minimum absolute atomic E-state index is 0.155. The molecule has 0 aliphatic rings. The van der Waals surface area contributed by atoms with Gasteiger partial charge in [0.25, 0.3) is 0 Å². The van der Waals surface area contributed by atoms with Gasteiger partial charge in [-0.1, -0.05) is 102 Å². The summed E-state index contributed by atoms with van der Waals surface area (Å²) < 4.78 is 0. The highest BCUT2D eigenvalue weighted by Gasteiger charge is 2.26. The standard InChI is InChI=1S/C31H40N2O2/c1-30(2,3)25-20-23(21-26(28(25)34)31(4,5)6)16-17-24-14-10-11-15-27(24)33-29(35)32-19-18-22-12-8-7-9-13-22/h7-15,20-21,34H,16-19H2,1-6H3,(H2,32,33,35). The van der Waals surface area contributed by atoms with E-state index in [1.807, 2.05) is 36.4 Å². The Bertz CT molecular complexity index is 1100. The van der Waals surface area contributed by atoms with Crippen molar-refractivity contribution in [2.75, 3.05) is 11.9 Å². The van der Waals surface area contributed by atoms with Crippen molar-refractivity contribution in [2.45, 2.75) is 71.6 Å². The van der Waals surface area contributed by atoms with Gasteiger partial charge in [0.15, 0.2) is 0 Å². The van der Waals surface area contributed by atoms with Crippen LogP contribution in [-0.2, 0) is 30.1 Å². The highest BCUT2D eigenvalue weighted by atomic mass is 16.3. The van der Waals surface area contributed by atoms with Gasteiger partial charge in [-0.3, -0.25) is 0 Å². The first-order valence-electron chi connectivity index (χ1n) is 12.5. The number of aryl methyl sites for hydroxylation is 2. The molecule has 3 aromatic rings. The van der Waals surface area contributed by atoms with E-state index in [9.17, 15) is 9.90 Å². The van der Waals surface area contributed by atoms with Gasteiger partial charge in [0, 0.05) is 12.2 Å². The van der Waals surface area contributed by atoms with Gasteiger partial charge in [0.1, 0.15) is 5.75 Å². The van der Waals surface area contributed by atoms with Crippen LogP contribution in [0.5, 0.6) is 5.75 Å². The van der Waals surface area contributed by atoms with E-state index in [4.69, 9.17) is 0 Å². The van der Waals surface area contributed by atoms with Gasteiger partial charge >= 0.3 is 6.03 Å². The van der Waals surface area contributed by atoms with Crippen LogP contribution in [0.4, 0.5) is 10.5 Å². The molecule has 3 aromatic carbocycles. The molecule has 3 N–H and O–H groups in total. The van der Waals surface area contributed by atoms with Crippen LogP contribution < -0.4 is 10.6 Å². The molecule has 0 heterocycles. The molecule has 0 aromatic heterocycles. The third-order valence-electron chi connectivity index (χ3n) is 6.28. The van der Waals surface area contributed by atoms with Crippen molar-refractivity contribution < 1.29 is 9.90 Å². The van der Waals surface area contributed by atoms with Crippen LogP contribution in [-0.4, -0.2) is 17.7 Å². The van der Waals surface area contributed by atoms with E-state index in [-0.39, 0.29) is 16.9 Å². The van der Waals surface area contributed by atoms with E-state index >= 15 is 0 Å². The van der Waals surface area contributed by atoms with Crippen LogP contribution in [0.15, 0.2) is 66.7 Å². The maximum absolute atomic E-state index is 12.5. The minimum Gasteiger partial charge on any atom is -0.507 e. The van der Waals surface area contributed by atoms with Crippen LogP contribution in [0, 0.1) is 0 Å². The lowest BCUT2D eigenvalue weighted by Crippen LogP contribution is -2.30. The van der Waals surface area contributed by atoms with Gasteiger partial charge < -0.3 is 15.7 Å². The van der Waals surface area contributed by atoms with Crippen LogP contribution in [0.25, 0.3) is 0 Å². The second-order valence-electron chi connectivity index (χ2n) is 11.3. The second kappa shape index (κ2) is 11.0. The van der Waals surface area contributed by atoms with Crippen molar-refractivity contribution in [1.82, 2.24) is 5.32 Å². The number of para-hydroxylation sites is 1. The molecule has 0 atom stereocenters. The highest BCUT2D eigenvalue weighted by molar-refractivity contribution is 5.90. The fourth-order valence-electron chi connectivity index (χ4n) is 4.25. The molecule has 0 spiro atoms. The molecule has 0 aliphatic carbocycles. The average molecular weight is 473 g/mol. The Morgan fingerprint density at radius 2 is 1.31 bits per heavy atom. The third-order valence-corrected chi connectivity index (χ3v) is 6.28. The summed E-state index contributed by atoms with van der Waals surface area (Å²) in [6, 6.07) is 22.2. The number of nitrogens with one attached hydrogen (secondary N) is 2. The van der Waals surface area contributed by atoms with Crippen molar-refractivity contribution in [3.63, 3.8) is 0 Å². The number of hydrogen-bond donors (Lipinski definition) is 3. The number of aromatic hydroxyl groups is 1. The summed E-state index contributed by atoms with van der Waals surface area (Å²) in [5.74, 6) is 0.406. The van der Waals surface area contributed by atoms with E-state index in [1.54, 1.807) is 0 Å². The number of rotatable bonds is 7. The van der Waals surface area contributed by atoms with Gasteiger partial charge in [-0.15, -0.1) is 0 Å². The number of phenolic OH excluding ortho intramolecular Hbond substituents is 1. The smallest absolute Gasteiger partial charge is 0.319 e. The fourth-order valence-corrected chi connectivity index (χ4v) is 4.25. The van der Waals surface area contributed by atoms with E-state index in [0.717, 1.165) is 41.6 Å². The monoisotopic (exact) mass is 472 g/mol. The van der Waals surface area contributed by atoms with Crippen LogP contribution in [0.1, 0.15) is 69.4 Å². The number of anilines is 1. The SMILES string of the molecule is CC(C)(C)c1cc(CCc2ccccc2NC(=O)NCCc2ccccc2)cc(C(C)(C)C)c1O. The molecule has 2 amide bonds. The molecular weight excluding hydrogens is 432 g/mol. The number of urea groups is 1. The molecule has 3 rings (SSSR count). The van der Waals surface area contributed by atoms with Gasteiger partial charge in [-0.05, 0) is 64.0 Å². The third kappa shape index (κ3) is 7.35. The number of phenols is 1. The fraction of sp³-hybridized carbons (Fsp3) is 0.387. The maximum atomic E-state index is 12.5. The molecule has 0 radical (unpaired) electrons. The van der Waals surface area contributed by atoms with E-state index < -0.39 is 0 Å². The Balaban J connectivity index is 1.70. The summed E-state index contributed by atoms with van der Waals surface area (Å²) in [4.78, 5) is 12.5. The van der Waals surface area contributed by atoms with E-state index in [0.29, 0.717) is 12.3 Å². The molecule has 0 fully saturated rings. The first-order valence-corrected chi connectivity index (χ1v) is 12.5. The quantitative estimate of drug-likeness (QED) is 0.342. The van der Waals surface area contributed by atoms with Gasteiger partial charge in [-0.25, -0.2) is 4.79 Å². The lowest BCUT2D eigenvalue weighted by atomic mass is 9.78. The summed E-state index contributed by atoms with van der Waals surface area (Å²) in [6.45, 7) is 13.4. The van der Waals surface area contributed by atoms with Crippen molar-refractivity contribution in [1.29, 1.82) is 0 Å². The molecule has 0 saturated carbocycles. The van der Waals surface area contributed by atoms with E-state index in [1.165, 1.54) is 11.1 Å². The number of carbonyl (C=O) groups is 1. The molecule has 4 nitrogen and oxygen atoms in total. The highest BCUT2D eigenvalue weighted by Crippen LogP contribution is 2.40. The van der Waals surface area contributed by atoms with Gasteiger partial charge in [0.05, 0.1) is 0 Å². The van der Waals surface area contributed by atoms with Crippen molar-refractivity contribution in [2.24, 2.45) is 0 Å². The average Bonchev–Trinajstić information content (AvgIpc) is 2.78. The summed E-state index contributed by atoms with van der Waals surface area (Å²) in [7, 11) is 0. The molecule has 35 heavy (non-hydrogen) atoms. The second-order valence-corrected chi connectivity index (χ2v) is 11.3. The Morgan fingerprint density at radius 3 is 1.91 bits per heavy atom.